The molecule has 0 saturated heterocycles. The molecule has 0 aliphatic carbocycles. The fourth-order valence-corrected chi connectivity index (χ4v) is 2.45. The van der Waals surface area contributed by atoms with Crippen LogP contribution in [0.4, 0.5) is 0 Å². The van der Waals surface area contributed by atoms with Crippen LogP contribution in [-0.4, -0.2) is 27.7 Å². The molecule has 0 fully saturated rings. The van der Waals surface area contributed by atoms with Crippen molar-refractivity contribution in [1.29, 1.82) is 0 Å². The highest BCUT2D eigenvalue weighted by Crippen LogP contribution is 2.17. The topological polar surface area (TPSA) is 39.4 Å². The number of aromatic nitrogens is 2. The molecule has 0 radical (unpaired) electrons. The van der Waals surface area contributed by atoms with Gasteiger partial charge >= 0.3 is 0 Å². The molecular weight excluding hydrogens is 310 g/mol. The first-order chi connectivity index (χ1) is 11.4. The van der Waals surface area contributed by atoms with Gasteiger partial charge in [0.2, 0.25) is 0 Å². The number of imidazole rings is 1. The Morgan fingerprint density at radius 2 is 2.04 bits per heavy atom. The Morgan fingerprint density at radius 3 is 2.83 bits per heavy atom. The largest absolute Gasteiger partial charge is 0.395 e. The van der Waals surface area contributed by atoms with Crippen LogP contribution in [0, 0.1) is 0 Å². The van der Waals surface area contributed by atoms with Crippen LogP contribution in [0.2, 0.25) is 0 Å². The van der Waals surface area contributed by atoms with Crippen molar-refractivity contribution >= 4 is 28.1 Å². The Bertz CT molecular complexity index is 784. The van der Waals surface area contributed by atoms with E-state index in [1.165, 1.54) is 10.8 Å². The Morgan fingerprint density at radius 1 is 1.17 bits per heavy atom. The molecule has 3 rings (SSSR count). The number of hydrogen-bond donors (Lipinski definition) is 0. The third-order valence-electron chi connectivity index (χ3n) is 3.52. The maximum atomic E-state index is 5.67. The lowest BCUT2D eigenvalue weighted by Gasteiger charge is -2.09. The number of fused-ring (bicyclic) bond motifs is 1. The molecule has 3 aromatic rings. The Kier molecular flexibility index (Phi) is 5.27. The zero-order valence-electron chi connectivity index (χ0n) is 12.7. The van der Waals surface area contributed by atoms with Crippen LogP contribution in [-0.2, 0) is 11.4 Å². The molecule has 0 spiro atoms. The maximum Gasteiger partial charge on any atom is 0.118 e. The quantitative estimate of drug-likeness (QED) is 0.284. The lowest BCUT2D eigenvalue weighted by molar-refractivity contribution is 0.145. The lowest BCUT2D eigenvalue weighted by Crippen LogP contribution is -2.11. The highest BCUT2D eigenvalue weighted by atomic mass is 35.5. The molecule has 118 valence electrons. The van der Waals surface area contributed by atoms with Crippen LogP contribution in [0.25, 0.3) is 10.8 Å². The molecule has 1 aromatic heterocycles. The van der Waals surface area contributed by atoms with Gasteiger partial charge in [-0.2, -0.15) is 0 Å². The van der Waals surface area contributed by atoms with E-state index in [2.05, 4.69) is 40.5 Å². The normalized spacial score (nSPS) is 11.8. The van der Waals surface area contributed by atoms with Gasteiger partial charge in [0, 0.05) is 23.8 Å². The minimum atomic E-state index is 0.518. The van der Waals surface area contributed by atoms with Crippen molar-refractivity contribution in [3.05, 3.63) is 66.7 Å². The molecular formula is C18H18ClN3O. The summed E-state index contributed by atoms with van der Waals surface area (Å²) in [6.45, 7) is 1.13. The number of hydrogen-bond acceptors (Lipinski definition) is 3. The first kappa shape index (κ1) is 15.6. The fraction of sp³-hybridized carbons (Fsp3) is 0.222. The summed E-state index contributed by atoms with van der Waals surface area (Å²) in [7, 11) is 0. The summed E-state index contributed by atoms with van der Waals surface area (Å²) in [5.41, 5.74) is 1.91. The van der Waals surface area contributed by atoms with Crippen LogP contribution in [0.1, 0.15) is 12.0 Å². The number of alkyl halides is 1. The third kappa shape index (κ3) is 4.11. The third-order valence-corrected chi connectivity index (χ3v) is 3.79. The molecule has 0 N–H and O–H groups in total. The Balaban J connectivity index is 1.88. The maximum absolute atomic E-state index is 5.67. The molecule has 0 unspecified atom stereocenters. The molecule has 0 aliphatic rings. The van der Waals surface area contributed by atoms with E-state index >= 15 is 0 Å². The van der Waals surface area contributed by atoms with Crippen molar-refractivity contribution in [2.75, 3.05) is 12.5 Å². The molecule has 23 heavy (non-hydrogen) atoms. The van der Waals surface area contributed by atoms with Gasteiger partial charge in [-0.05, 0) is 23.3 Å². The summed E-state index contributed by atoms with van der Waals surface area (Å²) in [5.74, 6) is 0.572. The van der Waals surface area contributed by atoms with Crippen molar-refractivity contribution in [2.45, 2.75) is 13.0 Å². The van der Waals surface area contributed by atoms with Crippen molar-refractivity contribution in [1.82, 2.24) is 9.55 Å². The summed E-state index contributed by atoms with van der Waals surface area (Å²) in [6, 6.07) is 14.6. The molecule has 1 heterocycles. The van der Waals surface area contributed by atoms with E-state index in [0.717, 1.165) is 17.7 Å². The molecule has 5 heteroatoms. The number of rotatable bonds is 7. The van der Waals surface area contributed by atoms with E-state index in [-0.39, 0.29) is 0 Å². The summed E-state index contributed by atoms with van der Waals surface area (Å²) >= 11 is 5.67. The second-order valence-electron chi connectivity index (χ2n) is 5.21. The monoisotopic (exact) mass is 327 g/mol. The first-order valence-corrected chi connectivity index (χ1v) is 8.10. The minimum Gasteiger partial charge on any atom is -0.395 e. The van der Waals surface area contributed by atoms with Crippen molar-refractivity contribution in [2.24, 2.45) is 5.16 Å². The van der Waals surface area contributed by atoms with E-state index < -0.39 is 0 Å². The lowest BCUT2D eigenvalue weighted by atomic mass is 10.0. The van der Waals surface area contributed by atoms with Crippen LogP contribution >= 0.6 is 11.6 Å². The van der Waals surface area contributed by atoms with Gasteiger partial charge < -0.3 is 9.40 Å². The molecule has 0 amide bonds. The Hall–Kier alpha value is -2.33. The van der Waals surface area contributed by atoms with Crippen LogP contribution < -0.4 is 0 Å². The van der Waals surface area contributed by atoms with Gasteiger partial charge in [-0.15, -0.1) is 11.6 Å². The van der Waals surface area contributed by atoms with Gasteiger partial charge in [-0.25, -0.2) is 4.98 Å². The van der Waals surface area contributed by atoms with Gasteiger partial charge in [0.25, 0.3) is 0 Å². The van der Waals surface area contributed by atoms with Crippen molar-refractivity contribution in [3.63, 3.8) is 0 Å². The fourth-order valence-electron chi connectivity index (χ4n) is 2.34. The predicted molar refractivity (Wildman–Crippen MR) is 94.0 cm³/mol. The van der Waals surface area contributed by atoms with Crippen molar-refractivity contribution < 1.29 is 4.84 Å². The zero-order valence-corrected chi connectivity index (χ0v) is 13.5. The summed E-state index contributed by atoms with van der Waals surface area (Å²) < 4.78 is 1.97. The zero-order chi connectivity index (χ0) is 15.9. The molecule has 0 atom stereocenters. The van der Waals surface area contributed by atoms with E-state index in [1.807, 2.05) is 22.9 Å². The number of nitrogens with zero attached hydrogens (tertiary/aromatic N) is 3. The summed E-state index contributed by atoms with van der Waals surface area (Å²) in [5, 5.41) is 6.72. The predicted octanol–water partition coefficient (Wildman–Crippen LogP) is 4.09. The highest BCUT2D eigenvalue weighted by Gasteiger charge is 2.07. The Labute approximate surface area is 140 Å². The van der Waals surface area contributed by atoms with E-state index in [1.54, 1.807) is 12.5 Å². The molecule has 4 nitrogen and oxygen atoms in total. The SMILES string of the molecule is ClCCCO/N=C(/Cn1ccnc1)c1ccc2ccccc2c1. The molecule has 0 saturated carbocycles. The smallest absolute Gasteiger partial charge is 0.118 e. The number of benzene rings is 2. The molecule has 0 bridgehead atoms. The van der Waals surface area contributed by atoms with Crippen LogP contribution in [0.5, 0.6) is 0 Å². The van der Waals surface area contributed by atoms with Gasteiger partial charge in [-0.1, -0.05) is 41.6 Å². The van der Waals surface area contributed by atoms with Gasteiger partial charge in [-0.3, -0.25) is 0 Å². The van der Waals surface area contributed by atoms with E-state index in [9.17, 15) is 0 Å². The van der Waals surface area contributed by atoms with E-state index in [4.69, 9.17) is 16.4 Å². The van der Waals surface area contributed by atoms with Crippen LogP contribution in [0.15, 0.2) is 66.3 Å². The summed E-state index contributed by atoms with van der Waals surface area (Å²) in [6.07, 6.45) is 6.22. The number of halogens is 1. The second kappa shape index (κ2) is 7.79. The van der Waals surface area contributed by atoms with Crippen molar-refractivity contribution in [3.8, 4) is 0 Å². The van der Waals surface area contributed by atoms with Crippen LogP contribution in [0.3, 0.4) is 0 Å². The first-order valence-electron chi connectivity index (χ1n) is 7.56. The van der Waals surface area contributed by atoms with Gasteiger partial charge in [0.1, 0.15) is 12.3 Å². The molecule has 0 aliphatic heterocycles. The average molecular weight is 328 g/mol. The van der Waals surface area contributed by atoms with Gasteiger partial charge in [0.15, 0.2) is 0 Å². The number of oxime groups is 1. The van der Waals surface area contributed by atoms with E-state index in [0.29, 0.717) is 19.0 Å². The summed E-state index contributed by atoms with van der Waals surface area (Å²) in [4.78, 5) is 9.50. The molecule has 2 aromatic carbocycles. The van der Waals surface area contributed by atoms with Gasteiger partial charge in [0.05, 0.1) is 12.9 Å². The standard InChI is InChI=1S/C18H18ClN3O/c19-8-3-11-23-21-18(13-22-10-9-20-14-22)17-7-6-15-4-1-2-5-16(15)12-17/h1-2,4-7,9-10,12,14H,3,8,11,13H2/b21-18-. The minimum absolute atomic E-state index is 0.518. The second-order valence-corrected chi connectivity index (χ2v) is 5.59. The average Bonchev–Trinajstić information content (AvgIpc) is 3.10. The highest BCUT2D eigenvalue weighted by molar-refractivity contribution is 6.17.